The molecule has 0 atom stereocenters. The number of aromatic nitrogens is 2. The first-order valence-corrected chi connectivity index (χ1v) is 9.52. The third-order valence-corrected chi connectivity index (χ3v) is 5.66. The topological polar surface area (TPSA) is 64.3 Å². The van der Waals surface area contributed by atoms with Crippen LogP contribution in [0.5, 0.6) is 0 Å². The third-order valence-electron chi connectivity index (χ3n) is 4.77. The van der Waals surface area contributed by atoms with E-state index < -0.39 is 5.69 Å². The van der Waals surface area contributed by atoms with Gasteiger partial charge in [-0.15, -0.1) is 11.3 Å². The number of hydrogen-bond acceptors (Lipinski definition) is 4. The molecule has 1 aromatic carbocycles. The molecule has 4 rings (SSSR count). The van der Waals surface area contributed by atoms with E-state index in [1.807, 2.05) is 19.1 Å². The second kappa shape index (κ2) is 6.57. The molecule has 1 saturated heterocycles. The maximum Gasteiger partial charge on any atom is 0.336 e. The SMILES string of the molecule is Cc1cccc(-n2c(=O)c3sccc3n(CC(=O)N3CCCC3)c2=O)c1. The van der Waals surface area contributed by atoms with Gasteiger partial charge in [0, 0.05) is 13.1 Å². The Balaban J connectivity index is 1.90. The highest BCUT2D eigenvalue weighted by Crippen LogP contribution is 2.17. The fourth-order valence-corrected chi connectivity index (χ4v) is 4.26. The molecule has 3 aromatic rings. The molecule has 134 valence electrons. The number of likely N-dealkylation sites (tertiary alicyclic amines) is 1. The van der Waals surface area contributed by atoms with Crippen molar-refractivity contribution in [3.05, 3.63) is 62.1 Å². The Kier molecular flexibility index (Phi) is 4.24. The molecular weight excluding hydrogens is 350 g/mol. The van der Waals surface area contributed by atoms with Gasteiger partial charge in [-0.05, 0) is 48.9 Å². The molecule has 6 nitrogen and oxygen atoms in total. The second-order valence-electron chi connectivity index (χ2n) is 6.57. The molecule has 0 radical (unpaired) electrons. The summed E-state index contributed by atoms with van der Waals surface area (Å²) >= 11 is 1.29. The predicted molar refractivity (Wildman–Crippen MR) is 102 cm³/mol. The lowest BCUT2D eigenvalue weighted by molar-refractivity contribution is -0.130. The molecule has 2 aromatic heterocycles. The molecule has 1 aliphatic rings. The van der Waals surface area contributed by atoms with Crippen molar-refractivity contribution >= 4 is 27.5 Å². The Bertz CT molecular complexity index is 1100. The number of hydrogen-bond donors (Lipinski definition) is 0. The van der Waals surface area contributed by atoms with Crippen LogP contribution >= 0.6 is 11.3 Å². The highest BCUT2D eigenvalue weighted by atomic mass is 32.1. The van der Waals surface area contributed by atoms with Gasteiger partial charge in [0.15, 0.2) is 0 Å². The van der Waals surface area contributed by atoms with E-state index in [-0.39, 0.29) is 18.0 Å². The molecule has 0 bridgehead atoms. The molecule has 7 heteroatoms. The van der Waals surface area contributed by atoms with Crippen LogP contribution in [0.2, 0.25) is 0 Å². The first kappa shape index (κ1) is 16.8. The summed E-state index contributed by atoms with van der Waals surface area (Å²) in [6, 6.07) is 9.00. The minimum absolute atomic E-state index is 0.0435. The van der Waals surface area contributed by atoms with Crippen LogP contribution in [0, 0.1) is 6.92 Å². The van der Waals surface area contributed by atoms with Gasteiger partial charge in [0.2, 0.25) is 5.91 Å². The molecule has 0 aliphatic carbocycles. The fraction of sp³-hybridized carbons (Fsp3) is 0.316. The zero-order valence-corrected chi connectivity index (χ0v) is 15.3. The Morgan fingerprint density at radius 2 is 1.92 bits per heavy atom. The zero-order chi connectivity index (χ0) is 18.3. The van der Waals surface area contributed by atoms with Crippen molar-refractivity contribution in [2.75, 3.05) is 13.1 Å². The molecule has 0 N–H and O–H groups in total. The molecule has 1 fully saturated rings. The summed E-state index contributed by atoms with van der Waals surface area (Å²) in [6.07, 6.45) is 1.99. The standard InChI is InChI=1S/C19H19N3O3S/c1-13-5-4-6-14(11-13)22-18(24)17-15(7-10-26-17)21(19(22)25)12-16(23)20-8-2-3-9-20/h4-7,10-11H,2-3,8-9,12H2,1H3. The van der Waals surface area contributed by atoms with Gasteiger partial charge >= 0.3 is 5.69 Å². The number of aryl methyl sites for hydroxylation is 1. The quantitative estimate of drug-likeness (QED) is 0.711. The van der Waals surface area contributed by atoms with Crippen molar-refractivity contribution in [3.8, 4) is 5.69 Å². The monoisotopic (exact) mass is 369 g/mol. The van der Waals surface area contributed by atoms with Crippen LogP contribution in [0.15, 0.2) is 45.3 Å². The summed E-state index contributed by atoms with van der Waals surface area (Å²) in [5.41, 5.74) is 1.20. The zero-order valence-electron chi connectivity index (χ0n) is 14.5. The van der Waals surface area contributed by atoms with Crippen LogP contribution < -0.4 is 11.2 Å². The highest BCUT2D eigenvalue weighted by molar-refractivity contribution is 7.17. The molecule has 0 unspecified atom stereocenters. The van der Waals surface area contributed by atoms with Crippen LogP contribution in [0.3, 0.4) is 0 Å². The number of nitrogens with zero attached hydrogens (tertiary/aromatic N) is 3. The fourth-order valence-electron chi connectivity index (χ4n) is 3.44. The van der Waals surface area contributed by atoms with Crippen LogP contribution in [0.25, 0.3) is 15.9 Å². The Hall–Kier alpha value is -2.67. The van der Waals surface area contributed by atoms with Crippen LogP contribution in [0.4, 0.5) is 0 Å². The predicted octanol–water partition coefficient (Wildman–Crippen LogP) is 2.14. The van der Waals surface area contributed by atoms with Gasteiger partial charge in [0.25, 0.3) is 5.56 Å². The van der Waals surface area contributed by atoms with Crippen molar-refractivity contribution in [2.45, 2.75) is 26.3 Å². The summed E-state index contributed by atoms with van der Waals surface area (Å²) in [4.78, 5) is 40.4. The van der Waals surface area contributed by atoms with E-state index >= 15 is 0 Å². The Morgan fingerprint density at radius 1 is 1.15 bits per heavy atom. The number of fused-ring (bicyclic) bond motifs is 1. The van der Waals surface area contributed by atoms with Crippen molar-refractivity contribution < 1.29 is 4.79 Å². The van der Waals surface area contributed by atoms with E-state index in [9.17, 15) is 14.4 Å². The number of amides is 1. The second-order valence-corrected chi connectivity index (χ2v) is 7.49. The Labute approximate surface area is 153 Å². The summed E-state index contributed by atoms with van der Waals surface area (Å²) in [5, 5.41) is 1.78. The van der Waals surface area contributed by atoms with E-state index in [0.717, 1.165) is 31.5 Å². The van der Waals surface area contributed by atoms with Crippen LogP contribution in [0.1, 0.15) is 18.4 Å². The van der Waals surface area contributed by atoms with Gasteiger partial charge in [0.1, 0.15) is 11.2 Å². The number of benzene rings is 1. The van der Waals surface area contributed by atoms with Gasteiger partial charge < -0.3 is 4.90 Å². The average molecular weight is 369 g/mol. The average Bonchev–Trinajstić information content (AvgIpc) is 3.30. The van der Waals surface area contributed by atoms with E-state index in [1.165, 1.54) is 20.5 Å². The molecule has 3 heterocycles. The number of thiophene rings is 1. The lowest BCUT2D eigenvalue weighted by atomic mass is 10.2. The lowest BCUT2D eigenvalue weighted by Gasteiger charge is -2.17. The maximum atomic E-state index is 13.1. The largest absolute Gasteiger partial charge is 0.341 e. The molecular formula is C19H19N3O3S. The molecule has 26 heavy (non-hydrogen) atoms. The van der Waals surface area contributed by atoms with E-state index in [2.05, 4.69) is 0 Å². The molecule has 1 amide bonds. The summed E-state index contributed by atoms with van der Waals surface area (Å²) < 4.78 is 3.08. The van der Waals surface area contributed by atoms with Crippen LogP contribution in [-0.4, -0.2) is 33.0 Å². The number of rotatable bonds is 3. The van der Waals surface area contributed by atoms with Gasteiger partial charge in [-0.2, -0.15) is 0 Å². The summed E-state index contributed by atoms with van der Waals surface area (Å²) in [6.45, 7) is 3.33. The third kappa shape index (κ3) is 2.78. The van der Waals surface area contributed by atoms with Crippen LogP contribution in [-0.2, 0) is 11.3 Å². The maximum absolute atomic E-state index is 13.1. The van der Waals surface area contributed by atoms with E-state index in [1.54, 1.807) is 28.5 Å². The Morgan fingerprint density at radius 3 is 2.65 bits per heavy atom. The van der Waals surface area contributed by atoms with Crippen molar-refractivity contribution in [2.24, 2.45) is 0 Å². The van der Waals surface area contributed by atoms with Gasteiger partial charge in [-0.25, -0.2) is 9.36 Å². The van der Waals surface area contributed by atoms with E-state index in [4.69, 9.17) is 0 Å². The van der Waals surface area contributed by atoms with Gasteiger partial charge in [-0.3, -0.25) is 14.2 Å². The van der Waals surface area contributed by atoms with Crippen molar-refractivity contribution in [1.82, 2.24) is 14.0 Å². The minimum atomic E-state index is -0.473. The normalized spacial score (nSPS) is 14.3. The van der Waals surface area contributed by atoms with Crippen molar-refractivity contribution in [3.63, 3.8) is 0 Å². The lowest BCUT2D eigenvalue weighted by Crippen LogP contribution is -2.42. The molecule has 1 aliphatic heterocycles. The first-order chi connectivity index (χ1) is 12.6. The smallest absolute Gasteiger partial charge is 0.336 e. The summed E-state index contributed by atoms with van der Waals surface area (Å²) in [7, 11) is 0. The highest BCUT2D eigenvalue weighted by Gasteiger charge is 2.22. The van der Waals surface area contributed by atoms with E-state index in [0.29, 0.717) is 15.9 Å². The van der Waals surface area contributed by atoms with Crippen molar-refractivity contribution in [1.29, 1.82) is 0 Å². The van der Waals surface area contributed by atoms with Gasteiger partial charge in [-0.1, -0.05) is 12.1 Å². The molecule has 0 saturated carbocycles. The summed E-state index contributed by atoms with van der Waals surface area (Å²) in [5.74, 6) is -0.0773. The minimum Gasteiger partial charge on any atom is -0.341 e. The number of carbonyl (C=O) groups excluding carboxylic acids is 1. The number of carbonyl (C=O) groups is 1. The first-order valence-electron chi connectivity index (χ1n) is 8.64. The molecule has 0 spiro atoms. The van der Waals surface area contributed by atoms with Gasteiger partial charge in [0.05, 0.1) is 11.2 Å².